The van der Waals surface area contributed by atoms with E-state index in [-0.39, 0.29) is 11.9 Å². The van der Waals surface area contributed by atoms with E-state index in [4.69, 9.17) is 10.5 Å². The van der Waals surface area contributed by atoms with Crippen molar-refractivity contribution in [2.45, 2.75) is 32.7 Å². The van der Waals surface area contributed by atoms with Crippen molar-refractivity contribution in [2.75, 3.05) is 20.2 Å². The number of nitrogens with two attached hydrogens (primary N) is 1. The Balaban J connectivity index is 2.28. The van der Waals surface area contributed by atoms with Gasteiger partial charge >= 0.3 is 0 Å². The SMILES string of the molecule is CCC(N)CC(=O)N(C)CCOc1ccc(C)cc1. The van der Waals surface area contributed by atoms with E-state index in [1.165, 1.54) is 5.56 Å². The first-order chi connectivity index (χ1) is 9.02. The first-order valence-corrected chi connectivity index (χ1v) is 6.72. The molecule has 19 heavy (non-hydrogen) atoms. The van der Waals surface area contributed by atoms with Crippen LogP contribution in [0.3, 0.4) is 0 Å². The van der Waals surface area contributed by atoms with Crippen LogP contribution in [0.1, 0.15) is 25.3 Å². The summed E-state index contributed by atoms with van der Waals surface area (Å²) in [6.07, 6.45) is 1.22. The average molecular weight is 264 g/mol. The lowest BCUT2D eigenvalue weighted by Crippen LogP contribution is -2.35. The maximum Gasteiger partial charge on any atom is 0.223 e. The van der Waals surface area contributed by atoms with E-state index in [0.29, 0.717) is 19.6 Å². The van der Waals surface area contributed by atoms with Gasteiger partial charge in [0.25, 0.3) is 0 Å². The number of likely N-dealkylation sites (N-methyl/N-ethyl adjacent to an activating group) is 1. The molecule has 1 amide bonds. The predicted octanol–water partition coefficient (Wildman–Crippen LogP) is 1.96. The van der Waals surface area contributed by atoms with E-state index in [1.807, 2.05) is 38.1 Å². The highest BCUT2D eigenvalue weighted by atomic mass is 16.5. The summed E-state index contributed by atoms with van der Waals surface area (Å²) in [5.41, 5.74) is 6.97. The molecular weight excluding hydrogens is 240 g/mol. The Morgan fingerprint density at radius 3 is 2.58 bits per heavy atom. The molecule has 0 saturated heterocycles. The van der Waals surface area contributed by atoms with Gasteiger partial charge in [-0.2, -0.15) is 0 Å². The minimum absolute atomic E-state index is 0.0482. The second kappa shape index (κ2) is 7.79. The molecule has 4 heteroatoms. The van der Waals surface area contributed by atoms with Crippen LogP contribution in [0.4, 0.5) is 0 Å². The molecule has 0 aliphatic carbocycles. The summed E-state index contributed by atoms with van der Waals surface area (Å²) in [4.78, 5) is 13.5. The van der Waals surface area contributed by atoms with Crippen LogP contribution in [0.2, 0.25) is 0 Å². The maximum absolute atomic E-state index is 11.8. The lowest BCUT2D eigenvalue weighted by molar-refractivity contribution is -0.130. The number of hydrogen-bond acceptors (Lipinski definition) is 3. The zero-order valence-corrected chi connectivity index (χ0v) is 12.1. The van der Waals surface area contributed by atoms with E-state index < -0.39 is 0 Å². The summed E-state index contributed by atoms with van der Waals surface area (Å²) in [6, 6.07) is 7.83. The van der Waals surface area contributed by atoms with Crippen LogP contribution < -0.4 is 10.5 Å². The van der Waals surface area contributed by atoms with Gasteiger partial charge in [-0.25, -0.2) is 0 Å². The van der Waals surface area contributed by atoms with Crippen LogP contribution >= 0.6 is 0 Å². The number of carbonyl (C=O) groups is 1. The third-order valence-corrected chi connectivity index (χ3v) is 3.10. The Labute approximate surface area is 115 Å². The van der Waals surface area contributed by atoms with Crippen LogP contribution in [0.15, 0.2) is 24.3 Å². The Morgan fingerprint density at radius 2 is 2.00 bits per heavy atom. The molecule has 0 heterocycles. The van der Waals surface area contributed by atoms with Crippen molar-refractivity contribution in [2.24, 2.45) is 5.73 Å². The summed E-state index contributed by atoms with van der Waals surface area (Å²) in [5.74, 6) is 0.901. The first kappa shape index (κ1) is 15.5. The number of ether oxygens (including phenoxy) is 1. The van der Waals surface area contributed by atoms with Crippen molar-refractivity contribution in [1.29, 1.82) is 0 Å². The maximum atomic E-state index is 11.8. The molecule has 4 nitrogen and oxygen atoms in total. The third-order valence-electron chi connectivity index (χ3n) is 3.10. The molecular formula is C15H24N2O2. The molecule has 0 aliphatic rings. The third kappa shape index (κ3) is 5.75. The smallest absolute Gasteiger partial charge is 0.223 e. The van der Waals surface area contributed by atoms with E-state index in [9.17, 15) is 4.79 Å². The standard InChI is InChI=1S/C15H24N2O2/c1-4-13(16)11-15(18)17(3)9-10-19-14-7-5-12(2)6-8-14/h5-8,13H,4,9-11,16H2,1-3H3. The summed E-state index contributed by atoms with van der Waals surface area (Å²) in [7, 11) is 1.78. The second-order valence-electron chi connectivity index (χ2n) is 4.85. The van der Waals surface area contributed by atoms with E-state index in [2.05, 4.69) is 0 Å². The van der Waals surface area contributed by atoms with Crippen LogP contribution in [0.25, 0.3) is 0 Å². The van der Waals surface area contributed by atoms with Gasteiger partial charge < -0.3 is 15.4 Å². The van der Waals surface area contributed by atoms with Crippen molar-refractivity contribution in [3.05, 3.63) is 29.8 Å². The Morgan fingerprint density at radius 1 is 1.37 bits per heavy atom. The van der Waals surface area contributed by atoms with Crippen LogP contribution in [-0.4, -0.2) is 37.0 Å². The summed E-state index contributed by atoms with van der Waals surface area (Å²) < 4.78 is 5.59. The quantitative estimate of drug-likeness (QED) is 0.819. The molecule has 0 radical (unpaired) electrons. The lowest BCUT2D eigenvalue weighted by Gasteiger charge is -2.19. The number of aryl methyl sites for hydroxylation is 1. The van der Waals surface area contributed by atoms with E-state index in [1.54, 1.807) is 11.9 Å². The Hall–Kier alpha value is -1.55. The minimum Gasteiger partial charge on any atom is -0.492 e. The molecule has 0 aliphatic heterocycles. The number of hydrogen-bond donors (Lipinski definition) is 1. The van der Waals surface area contributed by atoms with Crippen molar-refractivity contribution >= 4 is 5.91 Å². The molecule has 106 valence electrons. The number of amides is 1. The van der Waals surface area contributed by atoms with Gasteiger partial charge in [0, 0.05) is 19.5 Å². The van der Waals surface area contributed by atoms with Crippen molar-refractivity contribution in [3.63, 3.8) is 0 Å². The van der Waals surface area contributed by atoms with Crippen LogP contribution in [0, 0.1) is 6.92 Å². The number of nitrogens with zero attached hydrogens (tertiary/aromatic N) is 1. The van der Waals surface area contributed by atoms with Gasteiger partial charge in [-0.15, -0.1) is 0 Å². The van der Waals surface area contributed by atoms with Gasteiger partial charge in [0.15, 0.2) is 0 Å². The number of benzene rings is 1. The molecule has 0 fully saturated rings. The normalized spacial score (nSPS) is 12.0. The summed E-state index contributed by atoms with van der Waals surface area (Å²) in [6.45, 7) is 5.08. The largest absolute Gasteiger partial charge is 0.492 e. The fourth-order valence-corrected chi connectivity index (χ4v) is 1.58. The molecule has 1 aromatic carbocycles. The summed E-state index contributed by atoms with van der Waals surface area (Å²) in [5, 5.41) is 0. The summed E-state index contributed by atoms with van der Waals surface area (Å²) >= 11 is 0. The first-order valence-electron chi connectivity index (χ1n) is 6.72. The van der Waals surface area contributed by atoms with Gasteiger partial charge in [-0.3, -0.25) is 4.79 Å². The highest BCUT2D eigenvalue weighted by Crippen LogP contribution is 2.11. The molecule has 0 bridgehead atoms. The molecule has 0 spiro atoms. The van der Waals surface area contributed by atoms with E-state index in [0.717, 1.165) is 12.2 Å². The minimum atomic E-state index is -0.0482. The van der Waals surface area contributed by atoms with Gasteiger partial charge in [-0.1, -0.05) is 24.6 Å². The molecule has 2 N–H and O–H groups in total. The van der Waals surface area contributed by atoms with Crippen LogP contribution in [0.5, 0.6) is 5.75 Å². The Kier molecular flexibility index (Phi) is 6.36. The molecule has 1 atom stereocenters. The second-order valence-corrected chi connectivity index (χ2v) is 4.85. The fourth-order valence-electron chi connectivity index (χ4n) is 1.58. The molecule has 0 aromatic heterocycles. The number of carbonyl (C=O) groups excluding carboxylic acids is 1. The lowest BCUT2D eigenvalue weighted by atomic mass is 10.1. The highest BCUT2D eigenvalue weighted by Gasteiger charge is 2.12. The zero-order chi connectivity index (χ0) is 14.3. The van der Waals surface area contributed by atoms with Gasteiger partial charge in [0.05, 0.1) is 6.54 Å². The monoisotopic (exact) mass is 264 g/mol. The Bertz CT molecular complexity index is 390. The van der Waals surface area contributed by atoms with Gasteiger partial charge in [0.1, 0.15) is 12.4 Å². The van der Waals surface area contributed by atoms with E-state index >= 15 is 0 Å². The van der Waals surface area contributed by atoms with Gasteiger partial charge in [-0.05, 0) is 25.5 Å². The molecule has 1 unspecified atom stereocenters. The fraction of sp³-hybridized carbons (Fsp3) is 0.533. The highest BCUT2D eigenvalue weighted by molar-refractivity contribution is 5.76. The molecule has 1 aromatic rings. The topological polar surface area (TPSA) is 55.6 Å². The van der Waals surface area contributed by atoms with Gasteiger partial charge in [0.2, 0.25) is 5.91 Å². The number of rotatable bonds is 7. The zero-order valence-electron chi connectivity index (χ0n) is 12.1. The molecule has 0 saturated carbocycles. The molecule has 1 rings (SSSR count). The predicted molar refractivity (Wildman–Crippen MR) is 77.2 cm³/mol. The van der Waals surface area contributed by atoms with Crippen molar-refractivity contribution in [1.82, 2.24) is 4.90 Å². The average Bonchev–Trinajstić information content (AvgIpc) is 2.40. The van der Waals surface area contributed by atoms with Crippen LogP contribution in [-0.2, 0) is 4.79 Å². The van der Waals surface area contributed by atoms with Crippen molar-refractivity contribution in [3.8, 4) is 5.75 Å². The van der Waals surface area contributed by atoms with Crippen molar-refractivity contribution < 1.29 is 9.53 Å².